The molecule has 0 unspecified atom stereocenters. The Labute approximate surface area is 163 Å². The van der Waals surface area contributed by atoms with Crippen LogP contribution in [-0.2, 0) is 9.53 Å². The van der Waals surface area contributed by atoms with Crippen molar-refractivity contribution in [2.24, 2.45) is 5.92 Å². The molecule has 0 atom stereocenters. The van der Waals surface area contributed by atoms with E-state index in [1.54, 1.807) is 15.9 Å². The quantitative estimate of drug-likeness (QED) is 0.359. The third-order valence-electron chi connectivity index (χ3n) is 4.14. The molecule has 1 fully saturated rings. The molecule has 27 heavy (non-hydrogen) atoms. The fraction of sp³-hybridized carbons (Fsp3) is 0.444. The molecule has 0 bridgehead atoms. The fourth-order valence-corrected chi connectivity index (χ4v) is 2.81. The van der Waals surface area contributed by atoms with Crippen LogP contribution in [-0.4, -0.2) is 59.5 Å². The van der Waals surface area contributed by atoms with Gasteiger partial charge in [0.2, 0.25) is 0 Å². The van der Waals surface area contributed by atoms with Gasteiger partial charge in [0.15, 0.2) is 0 Å². The fourth-order valence-electron chi connectivity index (χ4n) is 2.59. The molecule has 1 saturated heterocycles. The van der Waals surface area contributed by atoms with Crippen molar-refractivity contribution in [2.75, 3.05) is 32.8 Å². The van der Waals surface area contributed by atoms with Gasteiger partial charge in [-0.05, 0) is 17.5 Å². The summed E-state index contributed by atoms with van der Waals surface area (Å²) in [6.07, 6.45) is -0.380. The summed E-state index contributed by atoms with van der Waals surface area (Å²) in [5.41, 5.74) is 0.369. The smallest absolute Gasteiger partial charge is 0.409 e. The lowest BCUT2D eigenvalue weighted by Gasteiger charge is -2.34. The summed E-state index contributed by atoms with van der Waals surface area (Å²) in [7, 11) is 0. The first kappa shape index (κ1) is 20.8. The number of carbonyl (C=O) groups is 2. The van der Waals surface area contributed by atoms with Crippen molar-refractivity contribution >= 4 is 35.9 Å². The van der Waals surface area contributed by atoms with E-state index in [9.17, 15) is 19.7 Å². The second-order valence-corrected chi connectivity index (χ2v) is 7.17. The number of amides is 2. The molecular weight excluding hydrogens is 370 g/mol. The van der Waals surface area contributed by atoms with E-state index in [-0.39, 0.29) is 34.1 Å². The third-order valence-corrected chi connectivity index (χ3v) is 4.52. The second kappa shape index (κ2) is 8.90. The third kappa shape index (κ3) is 5.22. The SMILES string of the molecule is C=C(C(=O)N1CCN(C(=O)OCC(C)C)CC1)c1ccc(S)c([N+](=O)[O-])c1. The Hall–Kier alpha value is -2.55. The lowest BCUT2D eigenvalue weighted by molar-refractivity contribution is -0.387. The number of nitro benzene ring substituents is 1. The van der Waals surface area contributed by atoms with Gasteiger partial charge in [-0.1, -0.05) is 26.5 Å². The Morgan fingerprint density at radius 3 is 2.41 bits per heavy atom. The van der Waals surface area contributed by atoms with Crippen molar-refractivity contribution in [3.63, 3.8) is 0 Å². The highest BCUT2D eigenvalue weighted by Gasteiger charge is 2.27. The maximum Gasteiger partial charge on any atom is 0.409 e. The average Bonchev–Trinajstić information content (AvgIpc) is 2.65. The highest BCUT2D eigenvalue weighted by atomic mass is 32.1. The maximum absolute atomic E-state index is 12.7. The predicted octanol–water partition coefficient (Wildman–Crippen LogP) is 2.83. The molecule has 0 aliphatic carbocycles. The molecule has 8 nitrogen and oxygen atoms in total. The maximum atomic E-state index is 12.7. The van der Waals surface area contributed by atoms with Crippen LogP contribution in [0.5, 0.6) is 0 Å². The van der Waals surface area contributed by atoms with Gasteiger partial charge in [-0.3, -0.25) is 14.9 Å². The van der Waals surface area contributed by atoms with Crippen LogP contribution in [0.3, 0.4) is 0 Å². The van der Waals surface area contributed by atoms with E-state index in [0.717, 1.165) is 0 Å². The Kier molecular flexibility index (Phi) is 6.84. The summed E-state index contributed by atoms with van der Waals surface area (Å²) in [6, 6.07) is 4.34. The molecule has 1 aliphatic rings. The first-order chi connectivity index (χ1) is 12.7. The average molecular weight is 393 g/mol. The molecule has 1 aliphatic heterocycles. The minimum absolute atomic E-state index is 0.169. The number of piperazine rings is 1. The highest BCUT2D eigenvalue weighted by molar-refractivity contribution is 7.80. The summed E-state index contributed by atoms with van der Waals surface area (Å²) in [5, 5.41) is 11.0. The summed E-state index contributed by atoms with van der Waals surface area (Å²) >= 11 is 4.05. The van der Waals surface area contributed by atoms with E-state index < -0.39 is 4.92 Å². The van der Waals surface area contributed by atoms with E-state index in [2.05, 4.69) is 19.2 Å². The van der Waals surface area contributed by atoms with Gasteiger partial charge in [0.1, 0.15) is 0 Å². The van der Waals surface area contributed by atoms with Crippen LogP contribution >= 0.6 is 12.6 Å². The van der Waals surface area contributed by atoms with E-state index in [4.69, 9.17) is 4.74 Å². The van der Waals surface area contributed by atoms with Gasteiger partial charge < -0.3 is 14.5 Å². The van der Waals surface area contributed by atoms with Gasteiger partial charge in [0.25, 0.3) is 11.6 Å². The molecule has 0 radical (unpaired) electrons. The van der Waals surface area contributed by atoms with Crippen molar-refractivity contribution in [2.45, 2.75) is 18.7 Å². The molecule has 146 valence electrons. The largest absolute Gasteiger partial charge is 0.449 e. The number of rotatable bonds is 5. The van der Waals surface area contributed by atoms with E-state index >= 15 is 0 Å². The summed E-state index contributed by atoms with van der Waals surface area (Å²) in [5.74, 6) is -0.0563. The van der Waals surface area contributed by atoms with Crippen LogP contribution < -0.4 is 0 Å². The molecule has 1 aromatic rings. The van der Waals surface area contributed by atoms with Gasteiger partial charge >= 0.3 is 6.09 Å². The Morgan fingerprint density at radius 2 is 1.85 bits per heavy atom. The topological polar surface area (TPSA) is 93.0 Å². The zero-order valence-electron chi connectivity index (χ0n) is 15.4. The molecule has 2 rings (SSSR count). The van der Waals surface area contributed by atoms with Crippen LogP contribution in [0.1, 0.15) is 19.4 Å². The molecule has 1 heterocycles. The Morgan fingerprint density at radius 1 is 1.26 bits per heavy atom. The number of ether oxygens (including phenoxy) is 1. The number of hydrogen-bond donors (Lipinski definition) is 1. The normalized spacial score (nSPS) is 14.2. The molecule has 0 spiro atoms. The zero-order valence-corrected chi connectivity index (χ0v) is 16.3. The van der Waals surface area contributed by atoms with Gasteiger partial charge in [-0.2, -0.15) is 0 Å². The number of nitro groups is 1. The number of benzene rings is 1. The van der Waals surface area contributed by atoms with Gasteiger partial charge in [0, 0.05) is 37.8 Å². The molecule has 0 N–H and O–H groups in total. The van der Waals surface area contributed by atoms with Gasteiger partial charge in [0.05, 0.1) is 16.4 Å². The van der Waals surface area contributed by atoms with Crippen LogP contribution in [0.15, 0.2) is 29.7 Å². The molecular formula is C18H23N3O5S. The van der Waals surface area contributed by atoms with Crippen LogP contribution in [0.2, 0.25) is 0 Å². The Bertz CT molecular complexity index is 757. The lowest BCUT2D eigenvalue weighted by atomic mass is 10.1. The van der Waals surface area contributed by atoms with Crippen molar-refractivity contribution in [3.8, 4) is 0 Å². The summed E-state index contributed by atoms with van der Waals surface area (Å²) in [4.78, 5) is 38.5. The van der Waals surface area contributed by atoms with Gasteiger partial charge in [-0.25, -0.2) is 4.79 Å². The minimum atomic E-state index is -0.550. The number of carbonyl (C=O) groups excluding carboxylic acids is 2. The number of hydrogen-bond acceptors (Lipinski definition) is 6. The van der Waals surface area contributed by atoms with Crippen molar-refractivity contribution in [3.05, 3.63) is 40.5 Å². The zero-order chi connectivity index (χ0) is 20.1. The highest BCUT2D eigenvalue weighted by Crippen LogP contribution is 2.27. The Balaban J connectivity index is 1.97. The summed E-state index contributed by atoms with van der Waals surface area (Å²) < 4.78 is 5.20. The first-order valence-corrected chi connectivity index (χ1v) is 9.03. The van der Waals surface area contributed by atoms with E-state index in [0.29, 0.717) is 38.3 Å². The van der Waals surface area contributed by atoms with Crippen molar-refractivity contribution in [1.29, 1.82) is 0 Å². The van der Waals surface area contributed by atoms with Gasteiger partial charge in [-0.15, -0.1) is 12.6 Å². The molecule has 1 aromatic carbocycles. The molecule has 2 amide bonds. The molecule has 9 heteroatoms. The number of thiol groups is 1. The molecule has 0 saturated carbocycles. The van der Waals surface area contributed by atoms with E-state index in [1.807, 2.05) is 13.8 Å². The van der Waals surface area contributed by atoms with Crippen molar-refractivity contribution < 1.29 is 19.2 Å². The summed E-state index contributed by atoms with van der Waals surface area (Å²) in [6.45, 7) is 9.49. The minimum Gasteiger partial charge on any atom is -0.449 e. The van der Waals surface area contributed by atoms with Crippen LogP contribution in [0, 0.1) is 16.0 Å². The van der Waals surface area contributed by atoms with E-state index in [1.165, 1.54) is 12.1 Å². The first-order valence-electron chi connectivity index (χ1n) is 8.58. The monoisotopic (exact) mass is 393 g/mol. The molecule has 0 aromatic heterocycles. The second-order valence-electron chi connectivity index (χ2n) is 6.69. The lowest BCUT2D eigenvalue weighted by Crippen LogP contribution is -2.51. The number of nitrogens with zero attached hydrogens (tertiary/aromatic N) is 3. The predicted molar refractivity (Wildman–Crippen MR) is 104 cm³/mol. The standard InChI is InChI=1S/C18H23N3O5S/c1-12(2)11-26-18(23)20-8-6-19(7-9-20)17(22)13(3)14-4-5-16(27)15(10-14)21(24)25/h4-5,10,12,27H,3,6-9,11H2,1-2H3. The van der Waals surface area contributed by atoms with Crippen LogP contribution in [0.25, 0.3) is 5.57 Å². The van der Waals surface area contributed by atoms with Crippen molar-refractivity contribution in [1.82, 2.24) is 9.80 Å². The van der Waals surface area contributed by atoms with Crippen LogP contribution in [0.4, 0.5) is 10.5 Å².